The number of nitrogens with zero attached hydrogens (tertiary/aromatic N) is 3. The number of hydrogen-bond acceptors (Lipinski definition) is 10. The van der Waals surface area contributed by atoms with Gasteiger partial charge in [-0.25, -0.2) is 0 Å². The maximum atomic E-state index is 10.7. The van der Waals surface area contributed by atoms with Crippen LogP contribution in [-0.2, 0) is 33.6 Å². The third-order valence-corrected chi connectivity index (χ3v) is 3.62. The van der Waals surface area contributed by atoms with Crippen molar-refractivity contribution in [2.45, 2.75) is 13.0 Å². The van der Waals surface area contributed by atoms with Crippen molar-refractivity contribution >= 4 is 41.8 Å². The van der Waals surface area contributed by atoms with Gasteiger partial charge in [0.05, 0.1) is 45.8 Å². The van der Waals surface area contributed by atoms with Crippen LogP contribution in [0.25, 0.3) is 0 Å². The molecular formula is C17H27N3O14. The van der Waals surface area contributed by atoms with E-state index in [0.29, 0.717) is 0 Å². The van der Waals surface area contributed by atoms with Gasteiger partial charge in [0.1, 0.15) is 0 Å². The molecule has 34 heavy (non-hydrogen) atoms. The minimum atomic E-state index is -1.26. The van der Waals surface area contributed by atoms with Crippen LogP contribution >= 0.6 is 0 Å². The SMILES string of the molecule is CC(CN(CC(=O)O)CC(=O)O)N(CC(=O)O)CC(=O)O.O=C(O)CN(CC(=O)O)CC(=O)O. The Morgan fingerprint density at radius 2 is 0.706 bits per heavy atom. The fourth-order valence-electron chi connectivity index (χ4n) is 2.51. The lowest BCUT2D eigenvalue weighted by molar-refractivity contribution is -0.146. The molecule has 0 aromatic heterocycles. The van der Waals surface area contributed by atoms with Gasteiger partial charge in [-0.2, -0.15) is 0 Å². The average molecular weight is 497 g/mol. The molecule has 17 heteroatoms. The van der Waals surface area contributed by atoms with Gasteiger partial charge in [-0.3, -0.25) is 48.3 Å². The Hall–Kier alpha value is -3.83. The Labute approximate surface area is 192 Å². The monoisotopic (exact) mass is 497 g/mol. The average Bonchev–Trinajstić information content (AvgIpc) is 2.57. The van der Waals surface area contributed by atoms with Crippen molar-refractivity contribution in [3.05, 3.63) is 0 Å². The van der Waals surface area contributed by atoms with Gasteiger partial charge in [0.15, 0.2) is 0 Å². The summed E-state index contributed by atoms with van der Waals surface area (Å²) >= 11 is 0. The molecule has 0 heterocycles. The molecule has 0 aliphatic heterocycles. The van der Waals surface area contributed by atoms with Gasteiger partial charge in [-0.05, 0) is 6.92 Å². The fraction of sp³-hybridized carbons (Fsp3) is 0.588. The van der Waals surface area contributed by atoms with Crippen LogP contribution in [0.15, 0.2) is 0 Å². The van der Waals surface area contributed by atoms with Crippen LogP contribution in [0.1, 0.15) is 6.92 Å². The predicted molar refractivity (Wildman–Crippen MR) is 107 cm³/mol. The van der Waals surface area contributed by atoms with Crippen LogP contribution in [0.3, 0.4) is 0 Å². The second-order valence-electron chi connectivity index (χ2n) is 6.82. The number of hydrogen-bond donors (Lipinski definition) is 7. The van der Waals surface area contributed by atoms with E-state index in [1.54, 1.807) is 0 Å². The highest BCUT2D eigenvalue weighted by molar-refractivity contribution is 5.76. The van der Waals surface area contributed by atoms with Crippen molar-refractivity contribution in [3.8, 4) is 0 Å². The van der Waals surface area contributed by atoms with Crippen LogP contribution in [-0.4, -0.2) is 151 Å². The molecule has 0 saturated carbocycles. The molecule has 0 saturated heterocycles. The van der Waals surface area contributed by atoms with Crippen LogP contribution < -0.4 is 0 Å². The lowest BCUT2D eigenvalue weighted by atomic mass is 10.2. The Morgan fingerprint density at radius 3 is 0.941 bits per heavy atom. The van der Waals surface area contributed by atoms with E-state index in [1.165, 1.54) is 6.92 Å². The summed E-state index contributed by atoms with van der Waals surface area (Å²) in [6.07, 6.45) is 0. The zero-order valence-electron chi connectivity index (χ0n) is 18.1. The Balaban J connectivity index is 0. The highest BCUT2D eigenvalue weighted by atomic mass is 16.4. The van der Waals surface area contributed by atoms with Crippen molar-refractivity contribution in [1.29, 1.82) is 0 Å². The van der Waals surface area contributed by atoms with E-state index in [0.717, 1.165) is 14.7 Å². The van der Waals surface area contributed by atoms with Crippen molar-refractivity contribution in [1.82, 2.24) is 14.7 Å². The van der Waals surface area contributed by atoms with Gasteiger partial charge in [0, 0.05) is 12.6 Å². The number of rotatable bonds is 17. The molecule has 1 atom stereocenters. The van der Waals surface area contributed by atoms with Crippen LogP contribution in [0.2, 0.25) is 0 Å². The Kier molecular flexibility index (Phi) is 15.9. The summed E-state index contributed by atoms with van der Waals surface area (Å²) in [5, 5.41) is 59.7. The van der Waals surface area contributed by atoms with Gasteiger partial charge in [0.25, 0.3) is 0 Å². The molecule has 17 nitrogen and oxygen atoms in total. The molecule has 7 N–H and O–H groups in total. The first-order valence-corrected chi connectivity index (χ1v) is 9.24. The van der Waals surface area contributed by atoms with E-state index >= 15 is 0 Å². The van der Waals surface area contributed by atoms with Crippen molar-refractivity contribution in [2.24, 2.45) is 0 Å². The zero-order valence-corrected chi connectivity index (χ0v) is 18.1. The summed E-state index contributed by atoms with van der Waals surface area (Å²) in [6.45, 7) is -2.53. The first-order chi connectivity index (χ1) is 15.5. The quantitative estimate of drug-likeness (QED) is 0.104. The molecule has 0 fully saturated rings. The minimum Gasteiger partial charge on any atom is -0.480 e. The number of carboxylic acid groups (broad SMARTS) is 7. The summed E-state index contributed by atoms with van der Waals surface area (Å²) in [5.41, 5.74) is 0. The van der Waals surface area contributed by atoms with E-state index in [2.05, 4.69) is 0 Å². The standard InChI is InChI=1S/C11H18N2O8.C6H9NO6/c1-7(13(5-10(18)19)6-11(20)21)2-12(3-8(14)15)4-9(16)17;8-4(9)1-7(2-5(10)11)3-6(12)13/h7H,2-6H2,1H3,(H,14,15)(H,16,17)(H,18,19)(H,20,21);1-3H2,(H,8,9)(H,10,11)(H,12,13). The predicted octanol–water partition coefficient (Wildman–Crippen LogP) is -3.14. The minimum absolute atomic E-state index is 0.0842. The molecule has 0 radical (unpaired) electrons. The van der Waals surface area contributed by atoms with E-state index in [1.807, 2.05) is 0 Å². The van der Waals surface area contributed by atoms with Gasteiger partial charge >= 0.3 is 41.8 Å². The second kappa shape index (κ2) is 16.8. The van der Waals surface area contributed by atoms with Crippen LogP contribution in [0, 0.1) is 0 Å². The molecule has 0 rings (SSSR count). The lowest BCUT2D eigenvalue weighted by Crippen LogP contribution is -2.48. The maximum Gasteiger partial charge on any atom is 0.317 e. The van der Waals surface area contributed by atoms with E-state index in [9.17, 15) is 33.6 Å². The van der Waals surface area contributed by atoms with Crippen molar-refractivity contribution in [2.75, 3.05) is 52.4 Å². The molecule has 0 aliphatic rings. The molecule has 0 aliphatic carbocycles. The van der Waals surface area contributed by atoms with Gasteiger partial charge in [0.2, 0.25) is 0 Å². The number of carbonyl (C=O) groups is 7. The largest absolute Gasteiger partial charge is 0.480 e. The topological polar surface area (TPSA) is 271 Å². The number of aliphatic carboxylic acids is 7. The molecule has 1 unspecified atom stereocenters. The molecular weight excluding hydrogens is 470 g/mol. The summed E-state index contributed by atoms with van der Waals surface area (Å²) < 4.78 is 0. The van der Waals surface area contributed by atoms with Crippen molar-refractivity contribution in [3.63, 3.8) is 0 Å². The first-order valence-electron chi connectivity index (χ1n) is 9.24. The number of carboxylic acids is 7. The fourth-order valence-corrected chi connectivity index (χ4v) is 2.51. The van der Waals surface area contributed by atoms with E-state index in [4.69, 9.17) is 35.7 Å². The molecule has 0 aromatic carbocycles. The lowest BCUT2D eigenvalue weighted by Gasteiger charge is -2.30. The smallest absolute Gasteiger partial charge is 0.317 e. The highest BCUT2D eigenvalue weighted by Crippen LogP contribution is 2.03. The molecule has 0 spiro atoms. The zero-order chi connectivity index (χ0) is 27.0. The van der Waals surface area contributed by atoms with Gasteiger partial charge in [-0.15, -0.1) is 0 Å². The Morgan fingerprint density at radius 1 is 0.471 bits per heavy atom. The summed E-state index contributed by atoms with van der Waals surface area (Å²) in [5.74, 6) is -8.71. The third-order valence-electron chi connectivity index (χ3n) is 3.62. The van der Waals surface area contributed by atoms with E-state index in [-0.39, 0.29) is 6.54 Å². The van der Waals surface area contributed by atoms with Crippen molar-refractivity contribution < 1.29 is 69.3 Å². The molecule has 0 bridgehead atoms. The molecule has 0 aromatic rings. The summed E-state index contributed by atoms with van der Waals surface area (Å²) in [6, 6.07) is -0.643. The normalized spacial score (nSPS) is 11.4. The molecule has 194 valence electrons. The first kappa shape index (κ1) is 32.4. The summed E-state index contributed by atoms with van der Waals surface area (Å²) in [4.78, 5) is 76.2. The molecule has 0 amide bonds. The van der Waals surface area contributed by atoms with Gasteiger partial charge in [-0.1, -0.05) is 0 Å². The van der Waals surface area contributed by atoms with Crippen LogP contribution in [0.4, 0.5) is 0 Å². The second-order valence-corrected chi connectivity index (χ2v) is 6.82. The summed E-state index contributed by atoms with van der Waals surface area (Å²) in [7, 11) is 0. The van der Waals surface area contributed by atoms with E-state index < -0.39 is 93.6 Å². The maximum absolute atomic E-state index is 10.7. The van der Waals surface area contributed by atoms with Gasteiger partial charge < -0.3 is 35.7 Å². The Bertz CT molecular complexity index is 686. The third kappa shape index (κ3) is 20.1. The van der Waals surface area contributed by atoms with Crippen LogP contribution in [0.5, 0.6) is 0 Å². The highest BCUT2D eigenvalue weighted by Gasteiger charge is 2.24.